The first-order valence-electron chi connectivity index (χ1n) is 6.60. The van der Waals surface area contributed by atoms with Gasteiger partial charge in [-0.3, -0.25) is 13.9 Å². The number of carbonyl (C=O) groups excluding carboxylic acids is 1. The van der Waals surface area contributed by atoms with E-state index in [2.05, 4.69) is 10.5 Å². The van der Waals surface area contributed by atoms with E-state index in [4.69, 9.17) is 0 Å². The molecule has 1 amide bonds. The molecule has 0 saturated heterocycles. The smallest absolute Gasteiger partial charge is 0.295 e. The lowest BCUT2D eigenvalue weighted by Gasteiger charge is -1.98. The number of fused-ring (bicyclic) bond motifs is 1. The number of nitrogens with zero attached hydrogens (tertiary/aromatic N) is 3. The van der Waals surface area contributed by atoms with Crippen LogP contribution in [0, 0.1) is 0 Å². The molecule has 0 fully saturated rings. The number of hydrogen-bond donors (Lipinski definition) is 1. The zero-order chi connectivity index (χ0) is 15.7. The Morgan fingerprint density at radius 1 is 1.23 bits per heavy atom. The molecule has 3 rings (SSSR count). The SMILES string of the molecule is Cn1c(=O)n(C)c2cc(/C=N/NC(=O)c3cccs3)ccc21. The van der Waals surface area contributed by atoms with Gasteiger partial charge in [0.25, 0.3) is 5.91 Å². The van der Waals surface area contributed by atoms with Gasteiger partial charge in [0, 0.05) is 14.1 Å². The minimum absolute atomic E-state index is 0.0740. The van der Waals surface area contributed by atoms with E-state index in [-0.39, 0.29) is 11.6 Å². The lowest BCUT2D eigenvalue weighted by atomic mass is 10.2. The fourth-order valence-corrected chi connectivity index (χ4v) is 2.85. The highest BCUT2D eigenvalue weighted by molar-refractivity contribution is 7.12. The molecule has 112 valence electrons. The normalized spacial score (nSPS) is 11.4. The summed E-state index contributed by atoms with van der Waals surface area (Å²) in [6.45, 7) is 0. The molecule has 0 saturated carbocycles. The third-order valence-electron chi connectivity index (χ3n) is 3.42. The molecule has 0 spiro atoms. The van der Waals surface area contributed by atoms with E-state index in [1.165, 1.54) is 11.3 Å². The van der Waals surface area contributed by atoms with Crippen LogP contribution in [-0.4, -0.2) is 21.3 Å². The maximum absolute atomic E-state index is 11.9. The number of carbonyl (C=O) groups is 1. The minimum atomic E-state index is -0.237. The highest BCUT2D eigenvalue weighted by Crippen LogP contribution is 2.13. The largest absolute Gasteiger partial charge is 0.328 e. The van der Waals surface area contributed by atoms with Crippen LogP contribution in [0.5, 0.6) is 0 Å². The number of benzene rings is 1. The summed E-state index contributed by atoms with van der Waals surface area (Å²) in [4.78, 5) is 24.2. The van der Waals surface area contributed by atoms with Crippen LogP contribution >= 0.6 is 11.3 Å². The molecule has 2 aromatic heterocycles. The van der Waals surface area contributed by atoms with Gasteiger partial charge in [0.1, 0.15) is 0 Å². The van der Waals surface area contributed by atoms with E-state index in [9.17, 15) is 9.59 Å². The monoisotopic (exact) mass is 314 g/mol. The first-order chi connectivity index (χ1) is 10.6. The number of aromatic nitrogens is 2. The van der Waals surface area contributed by atoms with Gasteiger partial charge in [-0.15, -0.1) is 11.3 Å². The number of hydrogen-bond acceptors (Lipinski definition) is 4. The number of nitrogens with one attached hydrogen (secondary N) is 1. The molecule has 0 radical (unpaired) electrons. The summed E-state index contributed by atoms with van der Waals surface area (Å²) in [6.07, 6.45) is 1.56. The lowest BCUT2D eigenvalue weighted by molar-refractivity contribution is 0.0959. The molecule has 22 heavy (non-hydrogen) atoms. The molecule has 0 bridgehead atoms. The Labute approximate surface area is 130 Å². The van der Waals surface area contributed by atoms with E-state index in [0.29, 0.717) is 4.88 Å². The van der Waals surface area contributed by atoms with Crippen molar-refractivity contribution in [2.75, 3.05) is 0 Å². The highest BCUT2D eigenvalue weighted by Gasteiger charge is 2.07. The van der Waals surface area contributed by atoms with Crippen molar-refractivity contribution in [3.05, 3.63) is 56.6 Å². The van der Waals surface area contributed by atoms with Gasteiger partial charge < -0.3 is 0 Å². The van der Waals surface area contributed by atoms with Crippen LogP contribution < -0.4 is 11.1 Å². The van der Waals surface area contributed by atoms with Crippen molar-refractivity contribution in [2.24, 2.45) is 19.2 Å². The molecule has 0 unspecified atom stereocenters. The number of rotatable bonds is 3. The minimum Gasteiger partial charge on any atom is -0.295 e. The molecule has 0 aliphatic heterocycles. The Hall–Kier alpha value is -2.67. The quantitative estimate of drug-likeness (QED) is 0.590. The molecule has 0 atom stereocenters. The first kappa shape index (κ1) is 14.3. The van der Waals surface area contributed by atoms with E-state index in [1.54, 1.807) is 35.5 Å². The second-order valence-corrected chi connectivity index (χ2v) is 5.77. The third kappa shape index (κ3) is 2.46. The fraction of sp³-hybridized carbons (Fsp3) is 0.133. The van der Waals surface area contributed by atoms with Crippen LogP contribution in [0.2, 0.25) is 0 Å². The molecule has 2 heterocycles. The predicted molar refractivity (Wildman–Crippen MR) is 87.5 cm³/mol. The third-order valence-corrected chi connectivity index (χ3v) is 4.29. The van der Waals surface area contributed by atoms with Gasteiger partial charge in [0.15, 0.2) is 0 Å². The van der Waals surface area contributed by atoms with Gasteiger partial charge in [-0.05, 0) is 29.1 Å². The van der Waals surface area contributed by atoms with Crippen LogP contribution in [0.1, 0.15) is 15.2 Å². The fourth-order valence-electron chi connectivity index (χ4n) is 2.23. The lowest BCUT2D eigenvalue weighted by Crippen LogP contribution is -2.19. The predicted octanol–water partition coefficient (Wildman–Crippen LogP) is 1.70. The summed E-state index contributed by atoms with van der Waals surface area (Å²) < 4.78 is 3.17. The number of amides is 1. The Kier molecular flexibility index (Phi) is 3.64. The standard InChI is InChI=1S/C15H14N4O2S/c1-18-11-6-5-10(8-12(11)19(2)15(18)21)9-16-17-14(20)13-4-3-7-22-13/h3-9H,1-2H3,(H,17,20)/b16-9+. The van der Waals surface area contributed by atoms with Gasteiger partial charge in [-0.25, -0.2) is 10.2 Å². The van der Waals surface area contributed by atoms with Crippen LogP contribution in [0.4, 0.5) is 0 Å². The summed E-state index contributed by atoms with van der Waals surface area (Å²) >= 11 is 1.36. The Morgan fingerprint density at radius 2 is 2.00 bits per heavy atom. The molecule has 0 aliphatic rings. The second-order valence-electron chi connectivity index (χ2n) is 4.83. The Balaban J connectivity index is 1.82. The number of thiophene rings is 1. The first-order valence-corrected chi connectivity index (χ1v) is 7.48. The maximum Gasteiger partial charge on any atom is 0.328 e. The topological polar surface area (TPSA) is 68.4 Å². The van der Waals surface area contributed by atoms with Crippen LogP contribution in [0.3, 0.4) is 0 Å². The van der Waals surface area contributed by atoms with Crippen molar-refractivity contribution in [3.8, 4) is 0 Å². The average molecular weight is 314 g/mol. The molecule has 7 heteroatoms. The van der Waals surface area contributed by atoms with Crippen molar-refractivity contribution in [1.82, 2.24) is 14.6 Å². The van der Waals surface area contributed by atoms with Crippen molar-refractivity contribution >= 4 is 34.5 Å². The van der Waals surface area contributed by atoms with E-state index in [0.717, 1.165) is 16.6 Å². The molecular weight excluding hydrogens is 300 g/mol. The van der Waals surface area contributed by atoms with Crippen LogP contribution in [0.25, 0.3) is 11.0 Å². The van der Waals surface area contributed by atoms with Crippen molar-refractivity contribution in [3.63, 3.8) is 0 Å². The summed E-state index contributed by atoms with van der Waals surface area (Å²) in [5.74, 6) is -0.237. The zero-order valence-electron chi connectivity index (χ0n) is 12.1. The molecule has 6 nitrogen and oxygen atoms in total. The van der Waals surface area contributed by atoms with Gasteiger partial charge in [0.05, 0.1) is 22.1 Å². The van der Waals surface area contributed by atoms with Crippen LogP contribution in [0.15, 0.2) is 45.6 Å². The van der Waals surface area contributed by atoms with E-state index in [1.807, 2.05) is 29.6 Å². The van der Waals surface area contributed by atoms with E-state index >= 15 is 0 Å². The number of hydrazone groups is 1. The molecular formula is C15H14N4O2S. The van der Waals surface area contributed by atoms with Crippen molar-refractivity contribution < 1.29 is 4.79 Å². The maximum atomic E-state index is 11.9. The molecule has 0 aliphatic carbocycles. The summed E-state index contributed by atoms with van der Waals surface area (Å²) in [5, 5.41) is 5.79. The summed E-state index contributed by atoms with van der Waals surface area (Å²) in [7, 11) is 3.46. The number of imidazole rings is 1. The van der Waals surface area contributed by atoms with Crippen molar-refractivity contribution in [1.29, 1.82) is 0 Å². The van der Waals surface area contributed by atoms with E-state index < -0.39 is 0 Å². The van der Waals surface area contributed by atoms with Crippen LogP contribution in [-0.2, 0) is 14.1 Å². The summed E-state index contributed by atoms with van der Waals surface area (Å²) in [6, 6.07) is 9.12. The molecule has 1 aromatic carbocycles. The Morgan fingerprint density at radius 3 is 2.73 bits per heavy atom. The highest BCUT2D eigenvalue weighted by atomic mass is 32.1. The zero-order valence-corrected chi connectivity index (χ0v) is 12.9. The van der Waals surface area contributed by atoms with Gasteiger partial charge in [-0.1, -0.05) is 12.1 Å². The average Bonchev–Trinajstić information content (AvgIpc) is 3.12. The molecule has 3 aromatic rings. The van der Waals surface area contributed by atoms with Crippen molar-refractivity contribution in [2.45, 2.75) is 0 Å². The number of aryl methyl sites for hydroxylation is 2. The van der Waals surface area contributed by atoms with Gasteiger partial charge >= 0.3 is 5.69 Å². The summed E-state index contributed by atoms with van der Waals surface area (Å²) in [5.41, 5.74) is 4.89. The second kappa shape index (κ2) is 5.61. The van der Waals surface area contributed by atoms with Gasteiger partial charge in [-0.2, -0.15) is 5.10 Å². The Bertz CT molecular complexity index is 919. The van der Waals surface area contributed by atoms with Gasteiger partial charge in [0.2, 0.25) is 0 Å². The molecule has 1 N–H and O–H groups in total.